The van der Waals surface area contributed by atoms with Crippen LogP contribution >= 0.6 is 0 Å². The van der Waals surface area contributed by atoms with Crippen LogP contribution in [0.25, 0.3) is 0 Å². The Kier molecular flexibility index (Phi) is 5.76. The minimum atomic E-state index is -1.53. The molecule has 7 nitrogen and oxygen atoms in total. The van der Waals surface area contributed by atoms with Crippen molar-refractivity contribution in [1.82, 2.24) is 5.32 Å². The molecule has 1 amide bonds. The second-order valence-electron chi connectivity index (χ2n) is 5.03. The maximum atomic E-state index is 12.3. The molecule has 7 heteroatoms. The number of ether oxygens (including phenoxy) is 3. The standard InChI is InChI=1S/C15H21NO6/c1-9-11(21-4)6-10(7-12(9)22-5)13(17)16-15(2,8-20-3)14(18)19/h6-7H,8H2,1-5H3,(H,16,17)(H,18,19). The Morgan fingerprint density at radius 3 is 2.05 bits per heavy atom. The lowest BCUT2D eigenvalue weighted by molar-refractivity contribution is -0.145. The summed E-state index contributed by atoms with van der Waals surface area (Å²) >= 11 is 0. The first-order valence-corrected chi connectivity index (χ1v) is 6.56. The summed E-state index contributed by atoms with van der Waals surface area (Å²) in [5, 5.41) is 11.7. The molecule has 1 aromatic carbocycles. The topological polar surface area (TPSA) is 94.1 Å². The number of hydrogen-bond donors (Lipinski definition) is 2. The number of carbonyl (C=O) groups excluding carboxylic acids is 1. The number of rotatable bonds is 7. The van der Waals surface area contributed by atoms with Gasteiger partial charge in [0.15, 0.2) is 5.54 Å². The Labute approximate surface area is 129 Å². The lowest BCUT2D eigenvalue weighted by Gasteiger charge is -2.25. The van der Waals surface area contributed by atoms with Gasteiger partial charge in [-0.05, 0) is 26.0 Å². The highest BCUT2D eigenvalue weighted by Crippen LogP contribution is 2.29. The first-order valence-electron chi connectivity index (χ1n) is 6.56. The summed E-state index contributed by atoms with van der Waals surface area (Å²) in [6.45, 7) is 3.01. The first kappa shape index (κ1) is 17.8. The highest BCUT2D eigenvalue weighted by molar-refractivity contribution is 5.98. The van der Waals surface area contributed by atoms with Crippen molar-refractivity contribution in [3.63, 3.8) is 0 Å². The van der Waals surface area contributed by atoms with Crippen LogP contribution in [0.3, 0.4) is 0 Å². The Balaban J connectivity index is 3.15. The van der Waals surface area contributed by atoms with Crippen LogP contribution in [0.4, 0.5) is 0 Å². The number of amides is 1. The zero-order valence-corrected chi connectivity index (χ0v) is 13.4. The highest BCUT2D eigenvalue weighted by Gasteiger charge is 2.35. The van der Waals surface area contributed by atoms with Gasteiger partial charge in [-0.15, -0.1) is 0 Å². The van der Waals surface area contributed by atoms with Gasteiger partial charge in [0.05, 0.1) is 20.8 Å². The summed E-state index contributed by atoms with van der Waals surface area (Å²) in [6.07, 6.45) is 0. The van der Waals surface area contributed by atoms with Gasteiger partial charge in [-0.1, -0.05) is 0 Å². The lowest BCUT2D eigenvalue weighted by atomic mass is 10.0. The molecular weight excluding hydrogens is 290 g/mol. The lowest BCUT2D eigenvalue weighted by Crippen LogP contribution is -2.55. The molecule has 0 aromatic heterocycles. The quantitative estimate of drug-likeness (QED) is 0.786. The van der Waals surface area contributed by atoms with Crippen LogP contribution in [0.1, 0.15) is 22.8 Å². The molecule has 1 rings (SSSR count). The molecule has 0 saturated heterocycles. The van der Waals surface area contributed by atoms with E-state index in [0.717, 1.165) is 5.56 Å². The fourth-order valence-corrected chi connectivity index (χ4v) is 1.98. The van der Waals surface area contributed by atoms with Crippen molar-refractivity contribution in [1.29, 1.82) is 0 Å². The molecule has 22 heavy (non-hydrogen) atoms. The summed E-state index contributed by atoms with van der Waals surface area (Å²) in [7, 11) is 4.33. The predicted octanol–water partition coefficient (Wildman–Crippen LogP) is 1.23. The van der Waals surface area contributed by atoms with E-state index in [4.69, 9.17) is 14.2 Å². The Hall–Kier alpha value is -2.28. The van der Waals surface area contributed by atoms with Gasteiger partial charge < -0.3 is 24.6 Å². The largest absolute Gasteiger partial charge is 0.496 e. The maximum absolute atomic E-state index is 12.3. The molecule has 1 aromatic rings. The zero-order valence-electron chi connectivity index (χ0n) is 13.4. The minimum Gasteiger partial charge on any atom is -0.496 e. The maximum Gasteiger partial charge on any atom is 0.331 e. The van der Waals surface area contributed by atoms with Gasteiger partial charge in [-0.2, -0.15) is 0 Å². The molecular formula is C15H21NO6. The molecule has 1 unspecified atom stereocenters. The summed E-state index contributed by atoms with van der Waals surface area (Å²) in [5.74, 6) is -0.783. The van der Waals surface area contributed by atoms with Gasteiger partial charge in [-0.3, -0.25) is 4.79 Å². The Morgan fingerprint density at radius 2 is 1.68 bits per heavy atom. The van der Waals surface area contributed by atoms with E-state index in [1.165, 1.54) is 40.4 Å². The molecule has 1 atom stereocenters. The van der Waals surface area contributed by atoms with Crippen molar-refractivity contribution in [2.45, 2.75) is 19.4 Å². The van der Waals surface area contributed by atoms with E-state index in [1.54, 1.807) is 6.92 Å². The average molecular weight is 311 g/mol. The Bertz CT molecular complexity index is 546. The predicted molar refractivity (Wildman–Crippen MR) is 79.7 cm³/mol. The van der Waals surface area contributed by atoms with E-state index in [1.807, 2.05) is 0 Å². The van der Waals surface area contributed by atoms with Crippen LogP contribution < -0.4 is 14.8 Å². The van der Waals surface area contributed by atoms with Crippen molar-refractivity contribution in [2.75, 3.05) is 27.9 Å². The molecule has 0 saturated carbocycles. The van der Waals surface area contributed by atoms with Crippen LogP contribution in [-0.2, 0) is 9.53 Å². The van der Waals surface area contributed by atoms with Gasteiger partial charge in [0.2, 0.25) is 0 Å². The van der Waals surface area contributed by atoms with Crippen molar-refractivity contribution in [2.24, 2.45) is 0 Å². The van der Waals surface area contributed by atoms with Gasteiger partial charge in [0.25, 0.3) is 5.91 Å². The highest BCUT2D eigenvalue weighted by atomic mass is 16.5. The van der Waals surface area contributed by atoms with E-state index in [-0.39, 0.29) is 12.2 Å². The van der Waals surface area contributed by atoms with Gasteiger partial charge in [0, 0.05) is 18.2 Å². The molecule has 0 heterocycles. The number of methoxy groups -OCH3 is 3. The number of nitrogens with one attached hydrogen (secondary N) is 1. The number of benzene rings is 1. The average Bonchev–Trinajstić information content (AvgIpc) is 2.47. The first-order chi connectivity index (χ1) is 10.3. The number of carbonyl (C=O) groups is 2. The summed E-state index contributed by atoms with van der Waals surface area (Å²) in [5.41, 5.74) is -0.542. The van der Waals surface area contributed by atoms with E-state index < -0.39 is 17.4 Å². The molecule has 0 aliphatic carbocycles. The molecule has 0 aliphatic rings. The summed E-state index contributed by atoms with van der Waals surface area (Å²) in [4.78, 5) is 23.7. The zero-order chi connectivity index (χ0) is 16.9. The third-order valence-corrected chi connectivity index (χ3v) is 3.31. The molecule has 122 valence electrons. The van der Waals surface area contributed by atoms with Crippen LogP contribution in [0.5, 0.6) is 11.5 Å². The van der Waals surface area contributed by atoms with Crippen molar-refractivity contribution in [3.05, 3.63) is 23.3 Å². The van der Waals surface area contributed by atoms with Crippen LogP contribution in [0.2, 0.25) is 0 Å². The molecule has 0 aliphatic heterocycles. The molecule has 0 radical (unpaired) electrons. The van der Waals surface area contributed by atoms with Crippen molar-refractivity contribution in [3.8, 4) is 11.5 Å². The van der Waals surface area contributed by atoms with Crippen LogP contribution in [0.15, 0.2) is 12.1 Å². The number of carboxylic acid groups (broad SMARTS) is 1. The molecule has 0 spiro atoms. The normalized spacial score (nSPS) is 13.1. The second kappa shape index (κ2) is 7.13. The van der Waals surface area contributed by atoms with E-state index in [0.29, 0.717) is 11.5 Å². The summed E-state index contributed by atoms with van der Waals surface area (Å²) in [6, 6.07) is 3.06. The van der Waals surface area contributed by atoms with Gasteiger partial charge in [-0.25, -0.2) is 4.79 Å². The van der Waals surface area contributed by atoms with Crippen molar-refractivity contribution < 1.29 is 28.9 Å². The molecule has 0 bridgehead atoms. The smallest absolute Gasteiger partial charge is 0.331 e. The number of hydrogen-bond acceptors (Lipinski definition) is 5. The van der Waals surface area contributed by atoms with E-state index in [9.17, 15) is 14.7 Å². The second-order valence-corrected chi connectivity index (χ2v) is 5.03. The monoisotopic (exact) mass is 311 g/mol. The SMILES string of the molecule is COCC(C)(NC(=O)c1cc(OC)c(C)c(OC)c1)C(=O)O. The van der Waals surface area contributed by atoms with E-state index >= 15 is 0 Å². The molecule has 0 fully saturated rings. The Morgan fingerprint density at radius 1 is 1.18 bits per heavy atom. The number of aliphatic carboxylic acids is 1. The van der Waals surface area contributed by atoms with Gasteiger partial charge in [0.1, 0.15) is 11.5 Å². The van der Waals surface area contributed by atoms with Crippen molar-refractivity contribution >= 4 is 11.9 Å². The summed E-state index contributed by atoms with van der Waals surface area (Å²) < 4.78 is 15.3. The fraction of sp³-hybridized carbons (Fsp3) is 0.467. The molecule has 2 N–H and O–H groups in total. The fourth-order valence-electron chi connectivity index (χ4n) is 1.98. The third kappa shape index (κ3) is 3.67. The third-order valence-electron chi connectivity index (χ3n) is 3.31. The number of carboxylic acids is 1. The van der Waals surface area contributed by atoms with E-state index in [2.05, 4.69) is 5.32 Å². The minimum absolute atomic E-state index is 0.159. The van der Waals surface area contributed by atoms with Crippen LogP contribution in [-0.4, -0.2) is 50.5 Å². The van der Waals surface area contributed by atoms with Gasteiger partial charge >= 0.3 is 5.97 Å². The van der Waals surface area contributed by atoms with Crippen LogP contribution in [0, 0.1) is 6.92 Å².